The second kappa shape index (κ2) is 5.01. The Hall–Kier alpha value is -1.51. The lowest BCUT2D eigenvalue weighted by Gasteiger charge is -2.28. The number of hydrogen-bond acceptors (Lipinski definition) is 2. The van der Waals surface area contributed by atoms with Crippen LogP contribution in [-0.2, 0) is 17.6 Å². The smallest absolute Gasteiger partial charge is 0.348 e. The summed E-state index contributed by atoms with van der Waals surface area (Å²) in [5, 5.41) is 9.35. The van der Waals surface area contributed by atoms with E-state index in [1.54, 1.807) is 0 Å². The minimum Gasteiger partial charge on any atom is -0.478 e. The first-order valence-corrected chi connectivity index (χ1v) is 6.65. The van der Waals surface area contributed by atoms with Gasteiger partial charge in [0.2, 0.25) is 5.60 Å². The molecule has 0 bridgehead atoms. The zero-order chi connectivity index (χ0) is 13.2. The fourth-order valence-corrected chi connectivity index (χ4v) is 2.58. The van der Waals surface area contributed by atoms with Gasteiger partial charge in [-0.2, -0.15) is 0 Å². The number of ether oxygens (including phenoxy) is 1. The number of aryl methyl sites for hydroxylation is 2. The van der Waals surface area contributed by atoms with Crippen molar-refractivity contribution in [3.63, 3.8) is 0 Å². The summed E-state index contributed by atoms with van der Waals surface area (Å²) in [7, 11) is 0. The molecule has 0 saturated heterocycles. The summed E-state index contributed by atoms with van der Waals surface area (Å²) < 4.78 is 5.79. The van der Waals surface area contributed by atoms with Crippen LogP contribution >= 0.6 is 0 Å². The van der Waals surface area contributed by atoms with Crippen LogP contribution < -0.4 is 4.74 Å². The molecule has 0 aliphatic heterocycles. The van der Waals surface area contributed by atoms with Crippen LogP contribution in [-0.4, -0.2) is 16.7 Å². The Morgan fingerprint density at radius 2 is 1.94 bits per heavy atom. The molecule has 0 atom stereocenters. The second-order valence-electron chi connectivity index (χ2n) is 4.89. The van der Waals surface area contributed by atoms with Crippen molar-refractivity contribution >= 4 is 5.97 Å². The van der Waals surface area contributed by atoms with Crippen molar-refractivity contribution in [2.75, 3.05) is 0 Å². The van der Waals surface area contributed by atoms with Gasteiger partial charge in [-0.25, -0.2) is 4.79 Å². The van der Waals surface area contributed by atoms with Gasteiger partial charge in [-0.05, 0) is 55.4 Å². The van der Waals surface area contributed by atoms with Crippen molar-refractivity contribution in [1.29, 1.82) is 0 Å². The molecule has 1 aliphatic carbocycles. The molecule has 0 fully saturated rings. The van der Waals surface area contributed by atoms with Gasteiger partial charge in [-0.1, -0.05) is 19.9 Å². The van der Waals surface area contributed by atoms with Crippen LogP contribution in [0.5, 0.6) is 5.75 Å². The van der Waals surface area contributed by atoms with Crippen molar-refractivity contribution in [1.82, 2.24) is 0 Å². The highest BCUT2D eigenvalue weighted by atomic mass is 16.5. The molecule has 98 valence electrons. The lowest BCUT2D eigenvalue weighted by Crippen LogP contribution is -2.43. The molecule has 0 spiro atoms. The first kappa shape index (κ1) is 12.9. The molecule has 0 aromatic heterocycles. The van der Waals surface area contributed by atoms with E-state index in [2.05, 4.69) is 6.07 Å². The molecule has 0 radical (unpaired) electrons. The van der Waals surface area contributed by atoms with E-state index in [0.717, 1.165) is 12.8 Å². The molecule has 1 aromatic rings. The third-order valence-corrected chi connectivity index (χ3v) is 3.92. The molecule has 0 amide bonds. The molecular formula is C15H20O3. The number of carboxylic acid groups (broad SMARTS) is 1. The van der Waals surface area contributed by atoms with E-state index >= 15 is 0 Å². The standard InChI is InChI=1S/C15H20O3/c1-3-15(4-2,14(16)17)18-13-9-8-11-6-5-7-12(11)10-13/h8-10H,3-7H2,1-2H3,(H,16,17). The highest BCUT2D eigenvalue weighted by Crippen LogP contribution is 2.30. The van der Waals surface area contributed by atoms with Crippen LogP contribution in [0.3, 0.4) is 0 Å². The van der Waals surface area contributed by atoms with Gasteiger partial charge in [0.25, 0.3) is 0 Å². The Balaban J connectivity index is 2.24. The van der Waals surface area contributed by atoms with E-state index in [9.17, 15) is 9.90 Å². The van der Waals surface area contributed by atoms with Crippen LogP contribution in [0, 0.1) is 0 Å². The molecule has 3 heteroatoms. The van der Waals surface area contributed by atoms with Gasteiger partial charge in [-0.15, -0.1) is 0 Å². The van der Waals surface area contributed by atoms with Crippen LogP contribution in [0.2, 0.25) is 0 Å². The molecule has 1 N–H and O–H groups in total. The zero-order valence-electron chi connectivity index (χ0n) is 11.0. The molecule has 1 aromatic carbocycles. The lowest BCUT2D eigenvalue weighted by molar-refractivity contribution is -0.156. The van der Waals surface area contributed by atoms with E-state index in [4.69, 9.17) is 4.74 Å². The number of aliphatic carboxylic acids is 1. The van der Waals surface area contributed by atoms with Crippen molar-refractivity contribution in [3.05, 3.63) is 29.3 Å². The number of fused-ring (bicyclic) bond motifs is 1. The molecular weight excluding hydrogens is 228 g/mol. The lowest BCUT2D eigenvalue weighted by atomic mass is 9.97. The minimum absolute atomic E-state index is 0.468. The minimum atomic E-state index is -1.09. The third-order valence-electron chi connectivity index (χ3n) is 3.92. The molecule has 3 nitrogen and oxygen atoms in total. The summed E-state index contributed by atoms with van der Waals surface area (Å²) in [5.74, 6) is -0.199. The summed E-state index contributed by atoms with van der Waals surface area (Å²) in [6, 6.07) is 5.97. The second-order valence-corrected chi connectivity index (χ2v) is 4.89. The Labute approximate surface area is 108 Å². The molecule has 0 saturated carbocycles. The van der Waals surface area contributed by atoms with E-state index < -0.39 is 11.6 Å². The van der Waals surface area contributed by atoms with E-state index in [0.29, 0.717) is 18.6 Å². The number of carbonyl (C=O) groups is 1. The van der Waals surface area contributed by atoms with Gasteiger partial charge in [0, 0.05) is 0 Å². The number of hydrogen-bond donors (Lipinski definition) is 1. The highest BCUT2D eigenvalue weighted by Gasteiger charge is 2.37. The first-order valence-electron chi connectivity index (χ1n) is 6.65. The van der Waals surface area contributed by atoms with Crippen LogP contribution in [0.25, 0.3) is 0 Å². The maximum Gasteiger partial charge on any atom is 0.348 e. The highest BCUT2D eigenvalue weighted by molar-refractivity contribution is 5.77. The molecule has 0 unspecified atom stereocenters. The van der Waals surface area contributed by atoms with Gasteiger partial charge in [-0.3, -0.25) is 0 Å². The van der Waals surface area contributed by atoms with Crippen molar-refractivity contribution in [2.45, 2.75) is 51.6 Å². The summed E-state index contributed by atoms with van der Waals surface area (Å²) >= 11 is 0. The van der Waals surface area contributed by atoms with Crippen LogP contribution in [0.15, 0.2) is 18.2 Å². The summed E-state index contributed by atoms with van der Waals surface area (Å²) in [6.07, 6.45) is 4.32. The van der Waals surface area contributed by atoms with E-state index in [-0.39, 0.29) is 0 Å². The quantitative estimate of drug-likeness (QED) is 0.870. The predicted octanol–water partition coefficient (Wildman–Crippen LogP) is 3.20. The van der Waals surface area contributed by atoms with Gasteiger partial charge in [0.1, 0.15) is 5.75 Å². The first-order chi connectivity index (χ1) is 8.61. The largest absolute Gasteiger partial charge is 0.478 e. The molecule has 1 aliphatic rings. The van der Waals surface area contributed by atoms with Crippen molar-refractivity contribution in [2.24, 2.45) is 0 Å². The monoisotopic (exact) mass is 248 g/mol. The van der Waals surface area contributed by atoms with Crippen molar-refractivity contribution < 1.29 is 14.6 Å². The Bertz CT molecular complexity index is 447. The van der Waals surface area contributed by atoms with Gasteiger partial charge < -0.3 is 9.84 Å². The summed E-state index contributed by atoms with van der Waals surface area (Å²) in [6.45, 7) is 3.70. The average Bonchev–Trinajstić information content (AvgIpc) is 2.83. The van der Waals surface area contributed by atoms with Crippen LogP contribution in [0.4, 0.5) is 0 Å². The zero-order valence-corrected chi connectivity index (χ0v) is 11.0. The van der Waals surface area contributed by atoms with E-state index in [1.807, 2.05) is 26.0 Å². The third kappa shape index (κ3) is 2.22. The molecule has 0 heterocycles. The topological polar surface area (TPSA) is 46.5 Å². The summed E-state index contributed by atoms with van der Waals surface area (Å²) in [4.78, 5) is 11.4. The molecule has 18 heavy (non-hydrogen) atoms. The Kier molecular flexibility index (Phi) is 3.60. The van der Waals surface area contributed by atoms with Gasteiger partial charge >= 0.3 is 5.97 Å². The fourth-order valence-electron chi connectivity index (χ4n) is 2.58. The number of rotatable bonds is 5. The van der Waals surface area contributed by atoms with Gasteiger partial charge in [0.15, 0.2) is 0 Å². The normalized spacial score (nSPS) is 14.3. The van der Waals surface area contributed by atoms with Gasteiger partial charge in [0.05, 0.1) is 0 Å². The molecule has 2 rings (SSSR count). The Morgan fingerprint density at radius 3 is 2.56 bits per heavy atom. The fraction of sp³-hybridized carbons (Fsp3) is 0.533. The maximum atomic E-state index is 11.4. The van der Waals surface area contributed by atoms with Crippen molar-refractivity contribution in [3.8, 4) is 5.75 Å². The maximum absolute atomic E-state index is 11.4. The predicted molar refractivity (Wildman–Crippen MR) is 70.0 cm³/mol. The van der Waals surface area contributed by atoms with E-state index in [1.165, 1.54) is 17.5 Å². The summed E-state index contributed by atoms with van der Waals surface area (Å²) in [5.41, 5.74) is 1.59. The van der Waals surface area contributed by atoms with Crippen LogP contribution in [0.1, 0.15) is 44.2 Å². The SMILES string of the molecule is CCC(CC)(Oc1ccc2c(c1)CCC2)C(=O)O. The Morgan fingerprint density at radius 1 is 1.28 bits per heavy atom. The average molecular weight is 248 g/mol. The number of benzene rings is 1. The number of carboxylic acids is 1.